The van der Waals surface area contributed by atoms with Crippen LogP contribution in [-0.4, -0.2) is 34.0 Å². The van der Waals surface area contributed by atoms with Crippen LogP contribution in [0.5, 0.6) is 0 Å². The normalized spacial score (nSPS) is 15.4. The average Bonchev–Trinajstić information content (AvgIpc) is 2.97. The molecule has 1 aliphatic rings. The Kier molecular flexibility index (Phi) is 6.66. The highest BCUT2D eigenvalue weighted by Gasteiger charge is 2.28. The second-order valence-corrected chi connectivity index (χ2v) is 7.48. The predicted molar refractivity (Wildman–Crippen MR) is 105 cm³/mol. The van der Waals surface area contributed by atoms with Crippen molar-refractivity contribution < 1.29 is 4.79 Å². The summed E-state index contributed by atoms with van der Waals surface area (Å²) in [4.78, 5) is 12.8. The van der Waals surface area contributed by atoms with E-state index in [0.717, 1.165) is 37.2 Å². The number of nitrogens with zero attached hydrogens (tertiary/aromatic N) is 3. The first kappa shape index (κ1) is 20.7. The number of hydrogen-bond donors (Lipinski definition) is 2. The molecule has 1 aliphatic heterocycles. The second kappa shape index (κ2) is 8.37. The fraction of sp³-hybridized carbons (Fsp3) is 0.500. The number of benzene rings is 1. The van der Waals surface area contributed by atoms with Crippen molar-refractivity contribution in [1.82, 2.24) is 25.6 Å². The van der Waals surface area contributed by atoms with Crippen LogP contribution in [-0.2, 0) is 5.54 Å². The molecule has 1 aromatic heterocycles. The molecule has 1 aromatic carbocycles. The molecule has 1 fully saturated rings. The summed E-state index contributed by atoms with van der Waals surface area (Å²) in [5.74, 6) is -0.220. The van der Waals surface area contributed by atoms with Crippen molar-refractivity contribution >= 4 is 29.9 Å². The minimum Gasteiger partial charge on any atom is -0.342 e. The van der Waals surface area contributed by atoms with Gasteiger partial charge in [-0.25, -0.2) is 4.68 Å². The van der Waals surface area contributed by atoms with Gasteiger partial charge in [0.25, 0.3) is 5.91 Å². The molecule has 1 saturated heterocycles. The average molecular weight is 398 g/mol. The van der Waals surface area contributed by atoms with Crippen LogP contribution < -0.4 is 10.6 Å². The second-order valence-electron chi connectivity index (χ2n) is 7.04. The van der Waals surface area contributed by atoms with Crippen molar-refractivity contribution in [1.29, 1.82) is 0 Å². The Morgan fingerprint density at radius 2 is 2.04 bits per heavy atom. The van der Waals surface area contributed by atoms with Gasteiger partial charge >= 0.3 is 0 Å². The van der Waals surface area contributed by atoms with Gasteiger partial charge in [0.15, 0.2) is 5.69 Å². The van der Waals surface area contributed by atoms with Gasteiger partial charge in [-0.3, -0.25) is 4.79 Å². The van der Waals surface area contributed by atoms with Crippen molar-refractivity contribution in [2.45, 2.75) is 45.2 Å². The number of amides is 1. The number of nitrogens with one attached hydrogen (secondary N) is 2. The van der Waals surface area contributed by atoms with Crippen molar-refractivity contribution in [3.05, 3.63) is 46.2 Å². The van der Waals surface area contributed by atoms with Crippen molar-refractivity contribution in [3.63, 3.8) is 0 Å². The Hall–Kier alpha value is -1.63. The first-order valence-electron chi connectivity index (χ1n) is 8.59. The van der Waals surface area contributed by atoms with Crippen LogP contribution in [0.15, 0.2) is 24.3 Å². The van der Waals surface area contributed by atoms with E-state index < -0.39 is 5.54 Å². The molecular formula is C18H25Cl2N5O. The lowest BCUT2D eigenvalue weighted by Crippen LogP contribution is -2.41. The van der Waals surface area contributed by atoms with E-state index in [1.807, 2.05) is 49.7 Å². The lowest BCUT2D eigenvalue weighted by Gasteiger charge is -2.27. The molecule has 2 heterocycles. The quantitative estimate of drug-likeness (QED) is 0.830. The minimum atomic E-state index is -0.563. The van der Waals surface area contributed by atoms with Gasteiger partial charge in [0.05, 0.1) is 17.3 Å². The molecule has 0 aliphatic carbocycles. The molecule has 0 radical (unpaired) electrons. The highest BCUT2D eigenvalue weighted by atomic mass is 35.5. The van der Waals surface area contributed by atoms with Crippen molar-refractivity contribution in [2.75, 3.05) is 13.1 Å². The largest absolute Gasteiger partial charge is 0.342 e. The number of carbonyl (C=O) groups is 1. The molecule has 1 amide bonds. The number of rotatable bonds is 4. The van der Waals surface area contributed by atoms with E-state index in [1.54, 1.807) is 0 Å². The Balaban J connectivity index is 0.00000243. The minimum absolute atomic E-state index is 0. The van der Waals surface area contributed by atoms with Gasteiger partial charge in [-0.05, 0) is 64.4 Å². The SMILES string of the molecule is Cc1c(C(=O)NC(C)(C)c2cccc(Cl)c2)nnn1C1CCNCC1.Cl. The zero-order valence-corrected chi connectivity index (χ0v) is 16.8. The van der Waals surface area contributed by atoms with Crippen LogP contribution in [0.3, 0.4) is 0 Å². The molecule has 8 heteroatoms. The number of carbonyl (C=O) groups excluding carboxylic acids is 1. The van der Waals surface area contributed by atoms with Gasteiger partial charge in [0.1, 0.15) is 0 Å². The van der Waals surface area contributed by atoms with E-state index in [0.29, 0.717) is 16.8 Å². The standard InChI is InChI=1S/C18H24ClN5O.ClH/c1-12-16(22-23-24(12)15-7-9-20-10-8-15)17(25)21-18(2,3)13-5-4-6-14(19)11-13;/h4-6,11,15,20H,7-10H2,1-3H3,(H,21,25);1H. The van der Waals surface area contributed by atoms with Crippen LogP contribution in [0, 0.1) is 6.92 Å². The van der Waals surface area contributed by atoms with Gasteiger partial charge < -0.3 is 10.6 Å². The first-order valence-corrected chi connectivity index (χ1v) is 8.97. The highest BCUT2D eigenvalue weighted by molar-refractivity contribution is 6.30. The summed E-state index contributed by atoms with van der Waals surface area (Å²) in [6.07, 6.45) is 2.00. The lowest BCUT2D eigenvalue weighted by atomic mass is 9.94. The van der Waals surface area contributed by atoms with Gasteiger partial charge in [-0.1, -0.05) is 28.9 Å². The summed E-state index contributed by atoms with van der Waals surface area (Å²) in [6.45, 7) is 7.73. The molecule has 0 unspecified atom stereocenters. The molecule has 142 valence electrons. The monoisotopic (exact) mass is 397 g/mol. The van der Waals surface area contributed by atoms with E-state index in [9.17, 15) is 4.79 Å². The summed E-state index contributed by atoms with van der Waals surface area (Å²) >= 11 is 6.08. The van der Waals surface area contributed by atoms with E-state index in [1.165, 1.54) is 0 Å². The fourth-order valence-corrected chi connectivity index (χ4v) is 3.43. The Bertz CT molecular complexity index is 769. The summed E-state index contributed by atoms with van der Waals surface area (Å²) in [6, 6.07) is 7.81. The maximum atomic E-state index is 12.8. The molecule has 2 N–H and O–H groups in total. The number of aromatic nitrogens is 3. The molecule has 0 spiro atoms. The Labute approximate surface area is 165 Å². The van der Waals surface area contributed by atoms with Crippen LogP contribution in [0.4, 0.5) is 0 Å². The lowest BCUT2D eigenvalue weighted by molar-refractivity contribution is 0.0906. The third-order valence-electron chi connectivity index (χ3n) is 4.77. The van der Waals surface area contributed by atoms with Crippen LogP contribution in [0.25, 0.3) is 0 Å². The van der Waals surface area contributed by atoms with Crippen LogP contribution in [0.2, 0.25) is 5.02 Å². The summed E-state index contributed by atoms with van der Waals surface area (Å²) in [7, 11) is 0. The van der Waals surface area contributed by atoms with E-state index in [-0.39, 0.29) is 18.3 Å². The molecule has 0 saturated carbocycles. The molecule has 2 aromatic rings. The molecule has 0 atom stereocenters. The van der Waals surface area contributed by atoms with E-state index in [4.69, 9.17) is 11.6 Å². The van der Waals surface area contributed by atoms with E-state index >= 15 is 0 Å². The zero-order chi connectivity index (χ0) is 18.0. The van der Waals surface area contributed by atoms with Crippen molar-refractivity contribution in [2.24, 2.45) is 0 Å². The third kappa shape index (κ3) is 4.37. The fourth-order valence-electron chi connectivity index (χ4n) is 3.24. The smallest absolute Gasteiger partial charge is 0.274 e. The first-order chi connectivity index (χ1) is 11.9. The molecule has 6 nitrogen and oxygen atoms in total. The number of hydrogen-bond acceptors (Lipinski definition) is 4. The summed E-state index contributed by atoms with van der Waals surface area (Å²) < 4.78 is 1.89. The summed E-state index contributed by atoms with van der Waals surface area (Å²) in [5, 5.41) is 15.4. The van der Waals surface area contributed by atoms with Crippen LogP contribution >= 0.6 is 24.0 Å². The van der Waals surface area contributed by atoms with Gasteiger partial charge in [0, 0.05) is 5.02 Å². The number of halogens is 2. The topological polar surface area (TPSA) is 71.8 Å². The van der Waals surface area contributed by atoms with Crippen LogP contribution in [0.1, 0.15) is 54.5 Å². The zero-order valence-electron chi connectivity index (χ0n) is 15.3. The van der Waals surface area contributed by atoms with Gasteiger partial charge in [0.2, 0.25) is 0 Å². The molecule has 26 heavy (non-hydrogen) atoms. The molecule has 3 rings (SSSR count). The molecular weight excluding hydrogens is 373 g/mol. The van der Waals surface area contributed by atoms with E-state index in [2.05, 4.69) is 20.9 Å². The van der Waals surface area contributed by atoms with Gasteiger partial charge in [-0.2, -0.15) is 0 Å². The Morgan fingerprint density at radius 3 is 2.69 bits per heavy atom. The highest BCUT2D eigenvalue weighted by Crippen LogP contribution is 2.24. The van der Waals surface area contributed by atoms with Crippen molar-refractivity contribution in [3.8, 4) is 0 Å². The van der Waals surface area contributed by atoms with Gasteiger partial charge in [-0.15, -0.1) is 17.5 Å². The Morgan fingerprint density at radius 1 is 1.35 bits per heavy atom. The summed E-state index contributed by atoms with van der Waals surface area (Å²) in [5.41, 5.74) is 1.57. The molecule has 0 bridgehead atoms. The number of piperidine rings is 1. The predicted octanol–water partition coefficient (Wildman–Crippen LogP) is 3.25. The maximum absolute atomic E-state index is 12.8. The third-order valence-corrected chi connectivity index (χ3v) is 5.00. The maximum Gasteiger partial charge on any atom is 0.274 e.